The van der Waals surface area contributed by atoms with E-state index < -0.39 is 0 Å². The molecule has 1 atom stereocenters. The van der Waals surface area contributed by atoms with Gasteiger partial charge in [0.05, 0.1) is 22.0 Å². The number of likely N-dealkylation sites (tertiary alicyclic amines) is 1. The number of hydrogen-bond donors (Lipinski definition) is 0. The van der Waals surface area contributed by atoms with E-state index in [1.807, 2.05) is 11.3 Å². The monoisotopic (exact) mass is 383 g/mol. The Labute approximate surface area is 158 Å². The highest BCUT2D eigenvalue weighted by Gasteiger charge is 2.29. The standard InChI is InChI=1S/C19H17N3S3/c1-2-6-17-15(4-1)21-19(25-17)16-5-3-8-22(16)10-14-12-24-18(20-14)13-7-9-23-11-13/h1-2,4,6-7,9,11-12,16H,3,5,8,10H2. The van der Waals surface area contributed by atoms with Gasteiger partial charge in [-0.1, -0.05) is 12.1 Å². The molecule has 5 rings (SSSR count). The zero-order chi connectivity index (χ0) is 16.6. The molecule has 126 valence electrons. The molecular weight excluding hydrogens is 366 g/mol. The lowest BCUT2D eigenvalue weighted by Crippen LogP contribution is -2.22. The second-order valence-electron chi connectivity index (χ2n) is 6.30. The second kappa shape index (κ2) is 6.61. The number of nitrogens with zero attached hydrogens (tertiary/aromatic N) is 3. The first-order valence-corrected chi connectivity index (χ1v) is 11.1. The lowest BCUT2D eigenvalue weighted by atomic mass is 10.2. The summed E-state index contributed by atoms with van der Waals surface area (Å²) in [4.78, 5) is 12.3. The maximum atomic E-state index is 4.89. The lowest BCUT2D eigenvalue weighted by Gasteiger charge is -2.21. The van der Waals surface area contributed by atoms with Crippen molar-refractivity contribution >= 4 is 44.2 Å². The van der Waals surface area contributed by atoms with Gasteiger partial charge in [0, 0.05) is 22.9 Å². The number of fused-ring (bicyclic) bond motifs is 1. The Morgan fingerprint density at radius 2 is 2.08 bits per heavy atom. The molecule has 1 saturated heterocycles. The minimum Gasteiger partial charge on any atom is -0.288 e. The average molecular weight is 384 g/mol. The van der Waals surface area contributed by atoms with Gasteiger partial charge in [-0.2, -0.15) is 11.3 Å². The van der Waals surface area contributed by atoms with Crippen molar-refractivity contribution in [2.75, 3.05) is 6.54 Å². The van der Waals surface area contributed by atoms with Crippen LogP contribution in [-0.4, -0.2) is 21.4 Å². The molecule has 4 aromatic rings. The molecular formula is C19H17N3S3. The SMILES string of the molecule is c1ccc2sc(C3CCCN3Cc3csc(-c4ccsc4)n3)nc2c1. The van der Waals surface area contributed by atoms with Crippen molar-refractivity contribution in [2.45, 2.75) is 25.4 Å². The minimum absolute atomic E-state index is 0.434. The summed E-state index contributed by atoms with van der Waals surface area (Å²) in [5.41, 5.74) is 3.55. The fourth-order valence-corrected chi connectivity index (χ4v) is 6.09. The van der Waals surface area contributed by atoms with Crippen LogP contribution in [0.3, 0.4) is 0 Å². The van der Waals surface area contributed by atoms with Gasteiger partial charge in [-0.15, -0.1) is 22.7 Å². The summed E-state index contributed by atoms with van der Waals surface area (Å²) in [6.45, 7) is 2.05. The Morgan fingerprint density at radius 3 is 2.96 bits per heavy atom. The predicted octanol–water partition coefficient (Wildman–Crippen LogP) is 5.82. The highest BCUT2D eigenvalue weighted by Crippen LogP contribution is 2.37. The van der Waals surface area contributed by atoms with Gasteiger partial charge in [0.25, 0.3) is 0 Å². The molecule has 0 N–H and O–H groups in total. The number of thiophene rings is 1. The largest absolute Gasteiger partial charge is 0.288 e. The molecule has 0 aliphatic carbocycles. The number of rotatable bonds is 4. The van der Waals surface area contributed by atoms with Crippen LogP contribution in [0.5, 0.6) is 0 Å². The van der Waals surface area contributed by atoms with Crippen LogP contribution < -0.4 is 0 Å². The second-order valence-corrected chi connectivity index (χ2v) is 9.00. The first kappa shape index (κ1) is 15.6. The molecule has 1 unspecified atom stereocenters. The number of para-hydroxylation sites is 1. The van der Waals surface area contributed by atoms with Crippen LogP contribution in [0.15, 0.2) is 46.5 Å². The molecule has 0 spiro atoms. The number of aromatic nitrogens is 2. The van der Waals surface area contributed by atoms with Gasteiger partial charge in [-0.05, 0) is 43.0 Å². The molecule has 0 bridgehead atoms. The summed E-state index contributed by atoms with van der Waals surface area (Å²) in [6, 6.07) is 11.0. The highest BCUT2D eigenvalue weighted by molar-refractivity contribution is 7.18. The van der Waals surface area contributed by atoms with Gasteiger partial charge in [0.2, 0.25) is 0 Å². The van der Waals surface area contributed by atoms with Crippen molar-refractivity contribution in [2.24, 2.45) is 0 Å². The molecule has 6 heteroatoms. The van der Waals surface area contributed by atoms with Gasteiger partial charge in [0.1, 0.15) is 10.0 Å². The molecule has 1 aliphatic heterocycles. The summed E-state index contributed by atoms with van der Waals surface area (Å²) >= 11 is 5.32. The molecule has 1 aliphatic rings. The molecule has 25 heavy (non-hydrogen) atoms. The normalized spacial score (nSPS) is 18.3. The molecule has 3 nitrogen and oxygen atoms in total. The Hall–Kier alpha value is -1.60. The first-order valence-electron chi connectivity index (χ1n) is 8.43. The summed E-state index contributed by atoms with van der Waals surface area (Å²) < 4.78 is 1.29. The summed E-state index contributed by atoms with van der Waals surface area (Å²) in [5.74, 6) is 0. The molecule has 3 aromatic heterocycles. The van der Waals surface area contributed by atoms with E-state index in [1.165, 1.54) is 33.8 Å². The van der Waals surface area contributed by atoms with Gasteiger partial charge in [-0.25, -0.2) is 9.97 Å². The van der Waals surface area contributed by atoms with E-state index >= 15 is 0 Å². The first-order chi connectivity index (χ1) is 12.4. The lowest BCUT2D eigenvalue weighted by molar-refractivity contribution is 0.246. The van der Waals surface area contributed by atoms with Crippen LogP contribution in [0.25, 0.3) is 20.8 Å². The topological polar surface area (TPSA) is 29.0 Å². The van der Waals surface area contributed by atoms with Crippen molar-refractivity contribution < 1.29 is 0 Å². The van der Waals surface area contributed by atoms with Crippen LogP contribution in [0.1, 0.15) is 29.6 Å². The third-order valence-electron chi connectivity index (χ3n) is 4.64. The molecule has 4 heterocycles. The van der Waals surface area contributed by atoms with E-state index in [9.17, 15) is 0 Å². The van der Waals surface area contributed by atoms with E-state index in [0.29, 0.717) is 6.04 Å². The molecule has 1 fully saturated rings. The van der Waals surface area contributed by atoms with Gasteiger partial charge in [-0.3, -0.25) is 4.90 Å². The van der Waals surface area contributed by atoms with Crippen molar-refractivity contribution in [3.8, 4) is 10.6 Å². The quantitative estimate of drug-likeness (QED) is 0.445. The predicted molar refractivity (Wildman–Crippen MR) is 107 cm³/mol. The van der Waals surface area contributed by atoms with Gasteiger partial charge >= 0.3 is 0 Å². The van der Waals surface area contributed by atoms with Gasteiger partial charge in [0.15, 0.2) is 0 Å². The van der Waals surface area contributed by atoms with E-state index in [2.05, 4.69) is 51.4 Å². The third-order valence-corrected chi connectivity index (χ3v) is 7.41. The number of benzene rings is 1. The smallest absolute Gasteiger partial charge is 0.124 e. The maximum Gasteiger partial charge on any atom is 0.124 e. The van der Waals surface area contributed by atoms with E-state index in [-0.39, 0.29) is 0 Å². The molecule has 0 radical (unpaired) electrons. The van der Waals surface area contributed by atoms with Crippen LogP contribution >= 0.6 is 34.0 Å². The van der Waals surface area contributed by atoms with Crippen molar-refractivity contribution in [1.29, 1.82) is 0 Å². The Morgan fingerprint density at radius 1 is 1.12 bits per heavy atom. The zero-order valence-corrected chi connectivity index (χ0v) is 16.0. The van der Waals surface area contributed by atoms with Crippen molar-refractivity contribution in [3.63, 3.8) is 0 Å². The van der Waals surface area contributed by atoms with Crippen LogP contribution in [0.4, 0.5) is 0 Å². The molecule has 1 aromatic carbocycles. The molecule has 0 saturated carbocycles. The van der Waals surface area contributed by atoms with Crippen LogP contribution in [0, 0.1) is 0 Å². The van der Waals surface area contributed by atoms with Crippen molar-refractivity contribution in [3.05, 3.63) is 57.2 Å². The minimum atomic E-state index is 0.434. The van der Waals surface area contributed by atoms with Crippen molar-refractivity contribution in [1.82, 2.24) is 14.9 Å². The number of hydrogen-bond acceptors (Lipinski definition) is 6. The maximum absolute atomic E-state index is 4.89. The fraction of sp³-hybridized carbons (Fsp3) is 0.263. The summed E-state index contributed by atoms with van der Waals surface area (Å²) in [5, 5.41) is 8.88. The molecule has 0 amide bonds. The third kappa shape index (κ3) is 3.04. The number of thiazole rings is 2. The summed E-state index contributed by atoms with van der Waals surface area (Å²) in [7, 11) is 0. The van der Waals surface area contributed by atoms with Crippen LogP contribution in [-0.2, 0) is 6.54 Å². The van der Waals surface area contributed by atoms with E-state index in [1.54, 1.807) is 22.7 Å². The zero-order valence-electron chi connectivity index (χ0n) is 13.6. The Bertz CT molecular complexity index is 953. The van der Waals surface area contributed by atoms with E-state index in [4.69, 9.17) is 9.97 Å². The fourth-order valence-electron chi connectivity index (χ4n) is 3.43. The van der Waals surface area contributed by atoms with Crippen LogP contribution in [0.2, 0.25) is 0 Å². The Kier molecular flexibility index (Phi) is 4.13. The highest BCUT2D eigenvalue weighted by atomic mass is 32.1. The summed E-state index contributed by atoms with van der Waals surface area (Å²) in [6.07, 6.45) is 2.43. The Balaban J connectivity index is 1.38. The van der Waals surface area contributed by atoms with Gasteiger partial charge < -0.3 is 0 Å². The average Bonchev–Trinajstić information content (AvgIpc) is 3.41. The van der Waals surface area contributed by atoms with E-state index in [0.717, 1.165) is 23.6 Å².